The smallest absolute Gasteiger partial charge is 0.266 e. The van der Waals surface area contributed by atoms with Crippen molar-refractivity contribution in [2.75, 3.05) is 5.32 Å². The summed E-state index contributed by atoms with van der Waals surface area (Å²) in [5.41, 5.74) is 0.661. The van der Waals surface area contributed by atoms with Crippen molar-refractivity contribution < 1.29 is 9.90 Å². The van der Waals surface area contributed by atoms with E-state index in [2.05, 4.69) is 5.32 Å². The zero-order chi connectivity index (χ0) is 15.5. The van der Waals surface area contributed by atoms with Gasteiger partial charge in [0, 0.05) is 46.0 Å². The molecule has 0 unspecified atom stereocenters. The second-order valence-corrected chi connectivity index (χ2v) is 5.90. The molecule has 1 aromatic heterocycles. The molecular formula is C17H13ClN2O2. The van der Waals surface area contributed by atoms with E-state index in [4.69, 9.17) is 11.6 Å². The van der Waals surface area contributed by atoms with Crippen LogP contribution in [0.5, 0.6) is 0 Å². The van der Waals surface area contributed by atoms with Gasteiger partial charge in [0.2, 0.25) is 0 Å². The van der Waals surface area contributed by atoms with Crippen molar-refractivity contribution in [2.24, 2.45) is 7.05 Å². The fourth-order valence-corrected chi connectivity index (χ4v) is 3.52. The molecule has 0 aliphatic carbocycles. The minimum Gasteiger partial charge on any atom is -0.372 e. The zero-order valence-electron chi connectivity index (χ0n) is 11.8. The maximum Gasteiger partial charge on any atom is 0.266 e. The monoisotopic (exact) mass is 312 g/mol. The van der Waals surface area contributed by atoms with Crippen LogP contribution in [-0.4, -0.2) is 15.6 Å². The Morgan fingerprint density at radius 1 is 1.18 bits per heavy atom. The lowest BCUT2D eigenvalue weighted by molar-refractivity contribution is -0.129. The number of benzene rings is 2. The lowest BCUT2D eigenvalue weighted by atomic mass is 9.87. The highest BCUT2D eigenvalue weighted by Crippen LogP contribution is 2.46. The van der Waals surface area contributed by atoms with Crippen LogP contribution in [0.2, 0.25) is 5.02 Å². The normalized spacial score (nSPS) is 20.2. The summed E-state index contributed by atoms with van der Waals surface area (Å²) in [6.45, 7) is 0. The Kier molecular flexibility index (Phi) is 2.64. The van der Waals surface area contributed by atoms with Crippen LogP contribution >= 0.6 is 11.6 Å². The predicted molar refractivity (Wildman–Crippen MR) is 86.0 cm³/mol. The number of hydrogen-bond acceptors (Lipinski definition) is 2. The van der Waals surface area contributed by atoms with E-state index in [0.717, 1.165) is 10.9 Å². The van der Waals surface area contributed by atoms with Crippen LogP contribution in [0.4, 0.5) is 5.69 Å². The van der Waals surface area contributed by atoms with Crippen molar-refractivity contribution in [3.8, 4) is 0 Å². The van der Waals surface area contributed by atoms with Crippen molar-refractivity contribution in [1.29, 1.82) is 0 Å². The summed E-state index contributed by atoms with van der Waals surface area (Å²) in [4.78, 5) is 12.5. The summed E-state index contributed by atoms with van der Waals surface area (Å²) in [5.74, 6) is -0.480. The highest BCUT2D eigenvalue weighted by molar-refractivity contribution is 6.33. The SMILES string of the molecule is Cn1cc([C@]2(O)C(=O)Nc3cccc(Cl)c32)c2ccccc21. The van der Waals surface area contributed by atoms with Crippen LogP contribution in [0.15, 0.2) is 48.7 Å². The Labute approximate surface area is 131 Å². The number of rotatable bonds is 1. The quantitative estimate of drug-likeness (QED) is 0.725. The molecule has 0 saturated heterocycles. The second kappa shape index (κ2) is 4.35. The van der Waals surface area contributed by atoms with E-state index in [-0.39, 0.29) is 0 Å². The highest BCUT2D eigenvalue weighted by atomic mass is 35.5. The number of carbonyl (C=O) groups is 1. The molecule has 0 fully saturated rings. The van der Waals surface area contributed by atoms with Crippen molar-refractivity contribution >= 4 is 34.1 Å². The number of anilines is 1. The molecule has 1 atom stereocenters. The Morgan fingerprint density at radius 2 is 1.95 bits per heavy atom. The third-order valence-corrected chi connectivity index (χ3v) is 4.55. The topological polar surface area (TPSA) is 54.3 Å². The molecule has 0 bridgehead atoms. The Hall–Kier alpha value is -2.30. The molecule has 1 aliphatic rings. The van der Waals surface area contributed by atoms with Crippen molar-refractivity contribution in [3.63, 3.8) is 0 Å². The molecule has 2 aromatic carbocycles. The van der Waals surface area contributed by atoms with Crippen LogP contribution in [0.1, 0.15) is 11.1 Å². The highest BCUT2D eigenvalue weighted by Gasteiger charge is 2.49. The van der Waals surface area contributed by atoms with Crippen LogP contribution in [0.3, 0.4) is 0 Å². The number of halogens is 1. The lowest BCUT2D eigenvalue weighted by Crippen LogP contribution is -2.35. The predicted octanol–water partition coefficient (Wildman–Crippen LogP) is 3.02. The van der Waals surface area contributed by atoms with E-state index in [1.54, 1.807) is 24.4 Å². The van der Waals surface area contributed by atoms with Gasteiger partial charge in [-0.1, -0.05) is 35.9 Å². The number of para-hydroxylation sites is 1. The van der Waals surface area contributed by atoms with Gasteiger partial charge in [-0.3, -0.25) is 4.79 Å². The number of aryl methyl sites for hydroxylation is 1. The summed E-state index contributed by atoms with van der Waals surface area (Å²) < 4.78 is 1.89. The number of fused-ring (bicyclic) bond motifs is 2. The van der Waals surface area contributed by atoms with E-state index in [1.807, 2.05) is 35.9 Å². The molecule has 2 N–H and O–H groups in total. The lowest BCUT2D eigenvalue weighted by Gasteiger charge is -2.21. The van der Waals surface area contributed by atoms with Crippen LogP contribution < -0.4 is 5.32 Å². The van der Waals surface area contributed by atoms with Gasteiger partial charge in [0.05, 0.1) is 0 Å². The second-order valence-electron chi connectivity index (χ2n) is 5.50. The van der Waals surface area contributed by atoms with E-state index < -0.39 is 11.5 Å². The molecule has 0 spiro atoms. The minimum atomic E-state index is -1.78. The molecule has 110 valence electrons. The van der Waals surface area contributed by atoms with Gasteiger partial charge in [0.25, 0.3) is 5.91 Å². The first kappa shape index (κ1) is 13.4. The molecular weight excluding hydrogens is 300 g/mol. The first-order valence-corrected chi connectivity index (χ1v) is 7.28. The first-order valence-electron chi connectivity index (χ1n) is 6.91. The number of hydrogen-bond donors (Lipinski definition) is 2. The zero-order valence-corrected chi connectivity index (χ0v) is 12.6. The first-order chi connectivity index (χ1) is 10.5. The largest absolute Gasteiger partial charge is 0.372 e. The third-order valence-electron chi connectivity index (χ3n) is 4.24. The number of carbonyl (C=O) groups excluding carboxylic acids is 1. The summed E-state index contributed by atoms with van der Waals surface area (Å²) >= 11 is 6.27. The average molecular weight is 313 g/mol. The van der Waals surface area contributed by atoms with E-state index in [0.29, 0.717) is 21.8 Å². The van der Waals surface area contributed by atoms with Gasteiger partial charge < -0.3 is 15.0 Å². The number of aromatic nitrogens is 1. The Balaban J connectivity index is 2.09. The van der Waals surface area contributed by atoms with E-state index >= 15 is 0 Å². The van der Waals surface area contributed by atoms with Crippen molar-refractivity contribution in [2.45, 2.75) is 5.60 Å². The number of amides is 1. The molecule has 3 aromatic rings. The summed E-state index contributed by atoms with van der Waals surface area (Å²) in [5, 5.41) is 15.2. The van der Waals surface area contributed by atoms with Gasteiger partial charge >= 0.3 is 0 Å². The summed E-state index contributed by atoms with van der Waals surface area (Å²) in [6.07, 6.45) is 1.78. The van der Waals surface area contributed by atoms with Gasteiger partial charge in [-0.05, 0) is 18.2 Å². The molecule has 1 amide bonds. The molecule has 2 heterocycles. The number of aliphatic hydroxyl groups is 1. The minimum absolute atomic E-state index is 0.367. The van der Waals surface area contributed by atoms with Gasteiger partial charge in [-0.25, -0.2) is 0 Å². The van der Waals surface area contributed by atoms with Gasteiger partial charge in [0.1, 0.15) is 0 Å². The maximum atomic E-state index is 12.5. The Morgan fingerprint density at radius 3 is 2.77 bits per heavy atom. The standard InChI is InChI=1S/C17H13ClN2O2/c1-20-9-11(10-5-2-3-8-14(10)20)17(22)15-12(18)6-4-7-13(15)19-16(17)21/h2-9,22H,1H3,(H,19,21)/t17-/m1/s1. The summed E-state index contributed by atoms with van der Waals surface area (Å²) in [7, 11) is 1.88. The van der Waals surface area contributed by atoms with Crippen LogP contribution in [0, 0.1) is 0 Å². The molecule has 22 heavy (non-hydrogen) atoms. The van der Waals surface area contributed by atoms with Gasteiger partial charge in [-0.15, -0.1) is 0 Å². The fourth-order valence-electron chi connectivity index (χ4n) is 3.21. The number of nitrogens with one attached hydrogen (secondary N) is 1. The van der Waals surface area contributed by atoms with E-state index in [1.165, 1.54) is 0 Å². The molecule has 0 radical (unpaired) electrons. The van der Waals surface area contributed by atoms with Gasteiger partial charge in [-0.2, -0.15) is 0 Å². The fraction of sp³-hybridized carbons (Fsp3) is 0.118. The molecule has 0 saturated carbocycles. The van der Waals surface area contributed by atoms with Crippen molar-refractivity contribution in [3.05, 3.63) is 64.8 Å². The maximum absolute atomic E-state index is 12.5. The molecule has 1 aliphatic heterocycles. The van der Waals surface area contributed by atoms with E-state index in [9.17, 15) is 9.90 Å². The third kappa shape index (κ3) is 1.54. The molecule has 5 heteroatoms. The summed E-state index contributed by atoms with van der Waals surface area (Å²) in [6, 6.07) is 12.8. The number of nitrogens with zero attached hydrogens (tertiary/aromatic N) is 1. The van der Waals surface area contributed by atoms with Gasteiger partial charge in [0.15, 0.2) is 5.60 Å². The van der Waals surface area contributed by atoms with Crippen molar-refractivity contribution in [1.82, 2.24) is 4.57 Å². The Bertz CT molecular complexity index is 932. The van der Waals surface area contributed by atoms with Crippen LogP contribution in [-0.2, 0) is 17.4 Å². The molecule has 4 rings (SSSR count). The van der Waals surface area contributed by atoms with Crippen LogP contribution in [0.25, 0.3) is 10.9 Å². The average Bonchev–Trinajstić information content (AvgIpc) is 2.97. The molecule has 4 nitrogen and oxygen atoms in total.